The molecular weight excluding hydrogens is 576 g/mol. The predicted octanol–water partition coefficient (Wildman–Crippen LogP) is 2.99. The second-order valence-electron chi connectivity index (χ2n) is 18.4. The molecule has 6 aliphatic rings. The average molecular weight is 639 g/mol. The third kappa shape index (κ3) is 4.72. The highest BCUT2D eigenvalue weighted by Gasteiger charge is 2.73. The van der Waals surface area contributed by atoms with Crippen molar-refractivity contribution >= 4 is 0 Å². The molecule has 6 fully saturated rings. The van der Waals surface area contributed by atoms with Gasteiger partial charge in [0.05, 0.1) is 24.4 Å². The van der Waals surface area contributed by atoms with Crippen molar-refractivity contribution in [2.75, 3.05) is 13.2 Å². The van der Waals surface area contributed by atoms with Gasteiger partial charge in [0.15, 0.2) is 6.29 Å². The van der Waals surface area contributed by atoms with E-state index in [1.807, 2.05) is 13.8 Å². The Morgan fingerprint density at radius 2 is 1.49 bits per heavy atom. The SMILES string of the molecule is CC(C)(O)[C@@H]1CC[C@]2(CO)CC[C@]3(C)[C@H](CC[C@@H]4[C@@]5(C)CC[C@H](O[C@@H]6O[C@H](CO)[C@@H](O)[C@H](O)[C@H]6O)C(C)(C)[C@@H]5[C@@H](O)C[C@]43C)[C@@H]12. The second-order valence-corrected chi connectivity index (χ2v) is 18.4. The van der Waals surface area contributed by atoms with Crippen LogP contribution in [0.25, 0.3) is 0 Å². The van der Waals surface area contributed by atoms with Gasteiger partial charge < -0.3 is 45.2 Å². The van der Waals surface area contributed by atoms with Crippen molar-refractivity contribution in [3.8, 4) is 0 Å². The Labute approximate surface area is 269 Å². The van der Waals surface area contributed by atoms with Crippen LogP contribution >= 0.6 is 0 Å². The van der Waals surface area contributed by atoms with E-state index in [1.165, 1.54) is 0 Å². The minimum absolute atomic E-state index is 0.0319. The summed E-state index contributed by atoms with van der Waals surface area (Å²) in [7, 11) is 0. The van der Waals surface area contributed by atoms with E-state index in [-0.39, 0.29) is 52.1 Å². The van der Waals surface area contributed by atoms with E-state index in [9.17, 15) is 35.7 Å². The maximum Gasteiger partial charge on any atom is 0.186 e. The van der Waals surface area contributed by atoms with Crippen molar-refractivity contribution < 1.29 is 45.2 Å². The summed E-state index contributed by atoms with van der Waals surface area (Å²) >= 11 is 0. The smallest absolute Gasteiger partial charge is 0.186 e. The molecule has 45 heavy (non-hydrogen) atoms. The van der Waals surface area contributed by atoms with E-state index in [4.69, 9.17) is 9.47 Å². The average Bonchev–Trinajstić information content (AvgIpc) is 3.35. The van der Waals surface area contributed by atoms with Crippen LogP contribution in [0.4, 0.5) is 0 Å². The lowest BCUT2D eigenvalue weighted by Gasteiger charge is -2.74. The number of fused-ring (bicyclic) bond motifs is 7. The number of rotatable bonds is 5. The molecule has 9 nitrogen and oxygen atoms in total. The first-order valence-electron chi connectivity index (χ1n) is 17.8. The third-order valence-corrected chi connectivity index (χ3v) is 15.8. The molecule has 0 aromatic heterocycles. The Morgan fingerprint density at radius 1 is 0.800 bits per heavy atom. The number of aliphatic hydroxyl groups excluding tert-OH is 6. The maximum atomic E-state index is 12.3. The molecule has 0 amide bonds. The summed E-state index contributed by atoms with van der Waals surface area (Å²) in [6.07, 6.45) is 0.728. The molecule has 0 aromatic carbocycles. The van der Waals surface area contributed by atoms with Crippen LogP contribution in [0.3, 0.4) is 0 Å². The van der Waals surface area contributed by atoms with Crippen LogP contribution in [0, 0.1) is 56.7 Å². The molecule has 9 heteroatoms. The first kappa shape index (κ1) is 34.5. The summed E-state index contributed by atoms with van der Waals surface area (Å²) in [5.74, 6) is 1.11. The molecule has 1 saturated heterocycles. The van der Waals surface area contributed by atoms with Crippen molar-refractivity contribution in [1.29, 1.82) is 0 Å². The highest BCUT2D eigenvalue weighted by atomic mass is 16.7. The van der Waals surface area contributed by atoms with E-state index < -0.39 is 54.4 Å². The Hall–Kier alpha value is -0.360. The van der Waals surface area contributed by atoms with Crippen molar-refractivity contribution in [3.63, 3.8) is 0 Å². The zero-order valence-corrected chi connectivity index (χ0v) is 28.7. The van der Waals surface area contributed by atoms with Crippen LogP contribution in [0.15, 0.2) is 0 Å². The normalized spacial score (nSPS) is 56.1. The standard InChI is InChI=1S/C36H62O9/c1-31(2)24(45-30-28(42)27(41)26(40)22(17-37)44-30)11-12-33(5)23-9-8-20-25-19(32(3,4)43)10-13-36(25,18-38)15-14-34(20,6)35(23,7)16-21(39)29(31)33/h19-30,37-43H,8-18H2,1-7H3/t19-,20-,21+,22-,23-,24+,25-,26-,27+,28-,29+,30+,33-,34-,35-,36-/m1/s1. The summed E-state index contributed by atoms with van der Waals surface area (Å²) < 4.78 is 12.2. The third-order valence-electron chi connectivity index (χ3n) is 15.8. The largest absolute Gasteiger partial charge is 0.396 e. The van der Waals surface area contributed by atoms with E-state index in [0.29, 0.717) is 24.7 Å². The van der Waals surface area contributed by atoms with Crippen LogP contribution in [-0.2, 0) is 9.47 Å². The van der Waals surface area contributed by atoms with Gasteiger partial charge in [0, 0.05) is 6.61 Å². The van der Waals surface area contributed by atoms with Crippen LogP contribution in [0.5, 0.6) is 0 Å². The van der Waals surface area contributed by atoms with Gasteiger partial charge in [-0.2, -0.15) is 0 Å². The number of hydrogen-bond donors (Lipinski definition) is 7. The van der Waals surface area contributed by atoms with Gasteiger partial charge in [-0.1, -0.05) is 34.6 Å². The molecule has 0 radical (unpaired) electrons. The quantitative estimate of drug-likeness (QED) is 0.225. The highest BCUT2D eigenvalue weighted by Crippen LogP contribution is 2.77. The summed E-state index contributed by atoms with van der Waals surface area (Å²) in [5.41, 5.74) is -1.72. The van der Waals surface area contributed by atoms with Gasteiger partial charge in [-0.15, -0.1) is 0 Å². The molecule has 16 atom stereocenters. The topological polar surface area (TPSA) is 160 Å². The van der Waals surface area contributed by atoms with E-state index >= 15 is 0 Å². The van der Waals surface area contributed by atoms with Crippen molar-refractivity contribution in [1.82, 2.24) is 0 Å². The number of hydrogen-bond acceptors (Lipinski definition) is 9. The van der Waals surface area contributed by atoms with Crippen molar-refractivity contribution in [3.05, 3.63) is 0 Å². The minimum Gasteiger partial charge on any atom is -0.396 e. The molecular formula is C36H62O9. The summed E-state index contributed by atoms with van der Waals surface area (Å²) in [6.45, 7) is 15.2. The molecule has 6 rings (SSSR count). The number of ether oxygens (including phenoxy) is 2. The molecule has 0 aromatic rings. The zero-order valence-electron chi connectivity index (χ0n) is 28.7. The van der Waals surface area contributed by atoms with Crippen molar-refractivity contribution in [2.45, 2.75) is 155 Å². The Kier molecular flexibility index (Phi) is 8.49. The van der Waals surface area contributed by atoms with Crippen molar-refractivity contribution in [2.24, 2.45) is 56.7 Å². The minimum atomic E-state index is -1.49. The molecule has 1 aliphatic heterocycles. The molecule has 0 bridgehead atoms. The van der Waals surface area contributed by atoms with Gasteiger partial charge in [0.25, 0.3) is 0 Å². The Morgan fingerprint density at radius 3 is 2.11 bits per heavy atom. The Bertz CT molecular complexity index is 1110. The molecule has 0 spiro atoms. The highest BCUT2D eigenvalue weighted by molar-refractivity contribution is 5.21. The van der Waals surface area contributed by atoms with Gasteiger partial charge in [0.1, 0.15) is 24.4 Å². The van der Waals surface area contributed by atoms with E-state index in [2.05, 4.69) is 34.6 Å². The van der Waals surface area contributed by atoms with Crippen LogP contribution < -0.4 is 0 Å². The molecule has 260 valence electrons. The maximum absolute atomic E-state index is 12.3. The fourth-order valence-corrected chi connectivity index (χ4v) is 13.5. The van der Waals surface area contributed by atoms with Crippen LogP contribution in [0.1, 0.15) is 106 Å². The van der Waals surface area contributed by atoms with E-state index in [0.717, 1.165) is 44.9 Å². The lowest BCUT2D eigenvalue weighted by Crippen LogP contribution is -2.70. The summed E-state index contributed by atoms with van der Waals surface area (Å²) in [5, 5.41) is 75.5. The van der Waals surface area contributed by atoms with Gasteiger partial charge in [-0.3, -0.25) is 0 Å². The molecule has 1 heterocycles. The van der Waals surface area contributed by atoms with Gasteiger partial charge in [-0.25, -0.2) is 0 Å². The fraction of sp³-hybridized carbons (Fsp3) is 1.00. The summed E-state index contributed by atoms with van der Waals surface area (Å²) in [4.78, 5) is 0. The Balaban J connectivity index is 1.29. The van der Waals surface area contributed by atoms with Gasteiger partial charge in [0.2, 0.25) is 0 Å². The van der Waals surface area contributed by atoms with Gasteiger partial charge >= 0.3 is 0 Å². The molecule has 5 saturated carbocycles. The lowest BCUT2D eigenvalue weighted by atomic mass is 9.31. The van der Waals surface area contributed by atoms with Crippen LogP contribution in [0.2, 0.25) is 0 Å². The molecule has 0 unspecified atom stereocenters. The first-order valence-corrected chi connectivity index (χ1v) is 17.8. The van der Waals surface area contributed by atoms with E-state index in [1.54, 1.807) is 0 Å². The second kappa shape index (κ2) is 11.1. The fourth-order valence-electron chi connectivity index (χ4n) is 13.5. The monoisotopic (exact) mass is 638 g/mol. The lowest BCUT2D eigenvalue weighted by molar-refractivity contribution is -0.337. The van der Waals surface area contributed by atoms with Gasteiger partial charge in [-0.05, 0) is 128 Å². The predicted molar refractivity (Wildman–Crippen MR) is 168 cm³/mol. The first-order chi connectivity index (χ1) is 20.8. The molecule has 5 aliphatic carbocycles. The summed E-state index contributed by atoms with van der Waals surface area (Å²) in [6, 6.07) is 0. The molecule has 7 N–H and O–H groups in total. The van der Waals surface area contributed by atoms with Crippen LogP contribution in [-0.4, -0.2) is 97.5 Å². The zero-order chi connectivity index (χ0) is 33.1. The number of aliphatic hydroxyl groups is 7.